The Morgan fingerprint density at radius 1 is 1.33 bits per heavy atom. The van der Waals surface area contributed by atoms with E-state index in [4.69, 9.17) is 0 Å². The summed E-state index contributed by atoms with van der Waals surface area (Å²) in [5, 5.41) is 6.08. The van der Waals surface area contributed by atoms with Crippen LogP contribution in [0.3, 0.4) is 0 Å². The molecule has 0 saturated carbocycles. The molecule has 6 nitrogen and oxygen atoms in total. The van der Waals surface area contributed by atoms with Gasteiger partial charge in [0.05, 0.1) is 0 Å². The van der Waals surface area contributed by atoms with Crippen LogP contribution >= 0.6 is 15.9 Å². The summed E-state index contributed by atoms with van der Waals surface area (Å²) in [7, 11) is 0. The predicted molar refractivity (Wildman–Crippen MR) is 95.4 cm³/mol. The van der Waals surface area contributed by atoms with Crippen LogP contribution in [0.5, 0.6) is 0 Å². The highest BCUT2D eigenvalue weighted by Crippen LogP contribution is 2.24. The lowest BCUT2D eigenvalue weighted by molar-refractivity contribution is -0.140. The first kappa shape index (κ1) is 17.4. The van der Waals surface area contributed by atoms with Gasteiger partial charge in [-0.2, -0.15) is 0 Å². The Hall–Kier alpha value is -1.47. The number of likely N-dealkylation sites (tertiary alicyclic amines) is 1. The first-order valence-corrected chi connectivity index (χ1v) is 9.26. The number of pyridine rings is 1. The summed E-state index contributed by atoms with van der Waals surface area (Å²) < 4.78 is 0.878. The maximum atomic E-state index is 12.5. The average molecular weight is 395 g/mol. The summed E-state index contributed by atoms with van der Waals surface area (Å²) >= 11 is 3.32. The molecular weight excluding hydrogens is 372 g/mol. The number of hydrogen-bond donors (Lipinski definition) is 2. The molecule has 2 saturated heterocycles. The van der Waals surface area contributed by atoms with Gasteiger partial charge in [-0.15, -0.1) is 0 Å². The van der Waals surface area contributed by atoms with Gasteiger partial charge in [-0.3, -0.25) is 9.59 Å². The van der Waals surface area contributed by atoms with E-state index < -0.39 is 0 Å². The molecular formula is C17H23BrN4O2. The summed E-state index contributed by atoms with van der Waals surface area (Å²) in [6, 6.07) is 3.62. The molecule has 130 valence electrons. The molecule has 1 aromatic heterocycles. The highest BCUT2D eigenvalue weighted by atomic mass is 79.9. The molecule has 2 N–H and O–H groups in total. The third-order valence-corrected chi connectivity index (χ3v) is 5.53. The molecule has 1 aromatic rings. The molecule has 2 aliphatic heterocycles. The van der Waals surface area contributed by atoms with Gasteiger partial charge in [0.15, 0.2) is 0 Å². The number of piperidine rings is 1. The molecule has 2 amide bonds. The van der Waals surface area contributed by atoms with Crippen molar-refractivity contribution in [1.82, 2.24) is 15.2 Å². The molecule has 24 heavy (non-hydrogen) atoms. The first-order valence-electron chi connectivity index (χ1n) is 8.46. The number of nitrogens with zero attached hydrogens (tertiary/aromatic N) is 2. The monoisotopic (exact) mass is 394 g/mol. The smallest absolute Gasteiger partial charge is 0.228 e. The van der Waals surface area contributed by atoms with Crippen molar-refractivity contribution in [3.05, 3.63) is 22.8 Å². The van der Waals surface area contributed by atoms with Crippen LogP contribution in [0.1, 0.15) is 19.8 Å². The van der Waals surface area contributed by atoms with E-state index in [2.05, 4.69) is 31.5 Å². The standard InChI is InChI=1S/C17H23BrN4O2/c1-11(13-8-19-9-13)17(24)22-6-4-12(5-7-22)16(23)21-15-3-2-14(18)10-20-15/h2-3,10-13,19H,4-9H2,1H3,(H,20,21,23). The molecule has 0 radical (unpaired) electrons. The number of carbonyl (C=O) groups is 2. The lowest BCUT2D eigenvalue weighted by atomic mass is 9.87. The zero-order chi connectivity index (χ0) is 17.1. The summed E-state index contributed by atoms with van der Waals surface area (Å²) in [6.45, 7) is 5.22. The third kappa shape index (κ3) is 3.95. The van der Waals surface area contributed by atoms with Crippen LogP contribution < -0.4 is 10.6 Å². The number of rotatable bonds is 4. The van der Waals surface area contributed by atoms with Crippen molar-refractivity contribution < 1.29 is 9.59 Å². The van der Waals surface area contributed by atoms with E-state index in [1.807, 2.05) is 17.9 Å². The SMILES string of the molecule is CC(C(=O)N1CCC(C(=O)Nc2ccc(Br)cn2)CC1)C1CNC1. The fourth-order valence-electron chi connectivity index (χ4n) is 3.19. The molecule has 1 unspecified atom stereocenters. The highest BCUT2D eigenvalue weighted by Gasteiger charge is 2.34. The van der Waals surface area contributed by atoms with E-state index in [1.54, 1.807) is 12.3 Å². The summed E-state index contributed by atoms with van der Waals surface area (Å²) in [5.74, 6) is 1.27. The number of hydrogen-bond acceptors (Lipinski definition) is 4. The van der Waals surface area contributed by atoms with Crippen LogP contribution in [0.25, 0.3) is 0 Å². The fourth-order valence-corrected chi connectivity index (χ4v) is 3.43. The second kappa shape index (κ2) is 7.61. The van der Waals surface area contributed by atoms with Crippen molar-refractivity contribution in [1.29, 1.82) is 0 Å². The number of aromatic nitrogens is 1. The number of halogens is 1. The second-order valence-electron chi connectivity index (χ2n) is 6.66. The predicted octanol–water partition coefficient (Wildman–Crippen LogP) is 1.88. The van der Waals surface area contributed by atoms with E-state index in [9.17, 15) is 9.59 Å². The second-order valence-corrected chi connectivity index (χ2v) is 7.57. The summed E-state index contributed by atoms with van der Waals surface area (Å²) in [4.78, 5) is 31.0. The van der Waals surface area contributed by atoms with Crippen molar-refractivity contribution in [3.8, 4) is 0 Å². The Balaban J connectivity index is 1.48. The Kier molecular flexibility index (Phi) is 5.50. The molecule has 7 heteroatoms. The van der Waals surface area contributed by atoms with E-state index in [0.717, 1.165) is 17.6 Å². The molecule has 2 aliphatic rings. The maximum Gasteiger partial charge on any atom is 0.228 e. The first-order chi connectivity index (χ1) is 11.5. The quantitative estimate of drug-likeness (QED) is 0.817. The molecule has 3 rings (SSSR count). The lowest BCUT2D eigenvalue weighted by Crippen LogP contribution is -2.52. The topological polar surface area (TPSA) is 74.3 Å². The van der Waals surface area contributed by atoms with Crippen LogP contribution in [0, 0.1) is 17.8 Å². The Morgan fingerprint density at radius 3 is 2.58 bits per heavy atom. The third-order valence-electron chi connectivity index (χ3n) is 5.07. The van der Waals surface area contributed by atoms with Gasteiger partial charge >= 0.3 is 0 Å². The molecule has 1 atom stereocenters. The molecule has 0 aliphatic carbocycles. The van der Waals surface area contributed by atoms with Crippen molar-refractivity contribution in [2.75, 3.05) is 31.5 Å². The van der Waals surface area contributed by atoms with Crippen LogP contribution in [0.4, 0.5) is 5.82 Å². The van der Waals surface area contributed by atoms with Crippen molar-refractivity contribution in [2.45, 2.75) is 19.8 Å². The van der Waals surface area contributed by atoms with E-state index in [1.165, 1.54) is 0 Å². The number of anilines is 1. The van der Waals surface area contributed by atoms with Gasteiger partial charge in [-0.1, -0.05) is 6.92 Å². The van der Waals surface area contributed by atoms with Crippen molar-refractivity contribution >= 4 is 33.6 Å². The minimum Gasteiger partial charge on any atom is -0.342 e. The summed E-state index contributed by atoms with van der Waals surface area (Å²) in [5.41, 5.74) is 0. The van der Waals surface area contributed by atoms with Gasteiger partial charge in [0.2, 0.25) is 11.8 Å². The Bertz CT molecular complexity index is 595. The molecule has 3 heterocycles. The van der Waals surface area contributed by atoms with E-state index in [0.29, 0.717) is 37.7 Å². The Labute approximate surface area is 150 Å². The van der Waals surface area contributed by atoms with Gasteiger partial charge in [-0.25, -0.2) is 4.98 Å². The minimum atomic E-state index is -0.0554. The zero-order valence-electron chi connectivity index (χ0n) is 13.8. The molecule has 0 bridgehead atoms. The molecule has 2 fully saturated rings. The van der Waals surface area contributed by atoms with Crippen molar-refractivity contribution in [3.63, 3.8) is 0 Å². The maximum absolute atomic E-state index is 12.5. The van der Waals surface area contributed by atoms with E-state index in [-0.39, 0.29) is 23.7 Å². The fraction of sp³-hybridized carbons (Fsp3) is 0.588. The summed E-state index contributed by atoms with van der Waals surface area (Å²) in [6.07, 6.45) is 3.08. The van der Waals surface area contributed by atoms with Gasteiger partial charge in [0.25, 0.3) is 0 Å². The largest absolute Gasteiger partial charge is 0.342 e. The highest BCUT2D eigenvalue weighted by molar-refractivity contribution is 9.10. The Morgan fingerprint density at radius 2 is 2.04 bits per heavy atom. The number of amides is 2. The van der Waals surface area contributed by atoms with Crippen molar-refractivity contribution in [2.24, 2.45) is 17.8 Å². The molecule has 0 spiro atoms. The van der Waals surface area contributed by atoms with Crippen LogP contribution in [-0.2, 0) is 9.59 Å². The normalized spacial score (nSPS) is 20.3. The van der Waals surface area contributed by atoms with Gasteiger partial charge in [0.1, 0.15) is 5.82 Å². The van der Waals surface area contributed by atoms with E-state index >= 15 is 0 Å². The van der Waals surface area contributed by atoms with Crippen LogP contribution in [0.15, 0.2) is 22.8 Å². The lowest BCUT2D eigenvalue weighted by Gasteiger charge is -2.37. The number of carbonyl (C=O) groups excluding carboxylic acids is 2. The zero-order valence-corrected chi connectivity index (χ0v) is 15.4. The van der Waals surface area contributed by atoms with Crippen LogP contribution in [0.2, 0.25) is 0 Å². The van der Waals surface area contributed by atoms with Crippen LogP contribution in [-0.4, -0.2) is 47.9 Å². The van der Waals surface area contributed by atoms with Gasteiger partial charge in [0, 0.05) is 35.6 Å². The van der Waals surface area contributed by atoms with Gasteiger partial charge in [-0.05, 0) is 59.9 Å². The molecule has 0 aromatic carbocycles. The number of nitrogens with one attached hydrogen (secondary N) is 2. The average Bonchev–Trinajstić information content (AvgIpc) is 2.55. The van der Waals surface area contributed by atoms with Gasteiger partial charge < -0.3 is 15.5 Å². The minimum absolute atomic E-state index is 0.00633.